The van der Waals surface area contributed by atoms with Crippen LogP contribution in [0, 0.1) is 0 Å². The number of hydrogen-bond acceptors (Lipinski definition) is 5. The second-order valence-corrected chi connectivity index (χ2v) is 7.96. The lowest BCUT2D eigenvalue weighted by molar-refractivity contribution is -0.110. The number of fused-ring (bicyclic) bond motifs is 2. The Morgan fingerprint density at radius 2 is 1.97 bits per heavy atom. The van der Waals surface area contributed by atoms with Crippen molar-refractivity contribution < 1.29 is 19.7 Å². The summed E-state index contributed by atoms with van der Waals surface area (Å²) in [4.78, 5) is 14.7. The molecule has 0 radical (unpaired) electrons. The van der Waals surface area contributed by atoms with Crippen LogP contribution in [0.25, 0.3) is 11.3 Å². The van der Waals surface area contributed by atoms with Crippen LogP contribution in [-0.2, 0) is 22.6 Å². The number of nitrogens with zero attached hydrogens (tertiary/aromatic N) is 1. The summed E-state index contributed by atoms with van der Waals surface area (Å²) in [5.41, 5.74) is 5.59. The number of piperidine rings is 1. The molecule has 0 spiro atoms. The fraction of sp³-hybridized carbons (Fsp3) is 0.348. The largest absolute Gasteiger partial charge is 0.487 e. The Bertz CT molecular complexity index is 1000. The Hall–Kier alpha value is -2.67. The molecule has 3 aliphatic rings. The molecule has 3 N–H and O–H groups in total. The quantitative estimate of drug-likeness (QED) is 0.696. The van der Waals surface area contributed by atoms with E-state index in [-0.39, 0.29) is 5.91 Å². The van der Waals surface area contributed by atoms with Crippen molar-refractivity contribution >= 4 is 22.9 Å². The van der Waals surface area contributed by atoms with Crippen LogP contribution in [0.5, 0.6) is 0 Å². The maximum Gasteiger partial charge on any atom is 0.260 e. The third kappa shape index (κ3) is 3.33. The van der Waals surface area contributed by atoms with Crippen molar-refractivity contribution in [2.24, 2.45) is 0 Å². The predicted octanol–water partition coefficient (Wildman–Crippen LogP) is 2.01. The number of aliphatic hydroxyl groups is 2. The molecule has 5 rings (SSSR count). The van der Waals surface area contributed by atoms with Crippen molar-refractivity contribution in [1.82, 2.24) is 4.90 Å². The van der Waals surface area contributed by atoms with Gasteiger partial charge in [0.25, 0.3) is 5.91 Å². The van der Waals surface area contributed by atoms with E-state index in [0.29, 0.717) is 30.9 Å². The minimum Gasteiger partial charge on any atom is -0.487 e. The first-order valence-electron chi connectivity index (χ1n) is 10.1. The molecule has 0 saturated carbocycles. The van der Waals surface area contributed by atoms with Gasteiger partial charge in [-0.15, -0.1) is 0 Å². The zero-order valence-electron chi connectivity index (χ0n) is 16.1. The Kier molecular flexibility index (Phi) is 4.62. The number of anilines is 1. The highest BCUT2D eigenvalue weighted by atomic mass is 16.5. The van der Waals surface area contributed by atoms with Crippen molar-refractivity contribution in [2.75, 3.05) is 25.0 Å². The SMILES string of the molecule is O=C1Nc2ccccc2C1=C1OCc2cc(CCN3CCC(O)C(O)C3)ccc21. The van der Waals surface area contributed by atoms with Gasteiger partial charge >= 0.3 is 0 Å². The van der Waals surface area contributed by atoms with Gasteiger partial charge in [-0.2, -0.15) is 0 Å². The van der Waals surface area contributed by atoms with E-state index in [2.05, 4.69) is 22.3 Å². The highest BCUT2D eigenvalue weighted by molar-refractivity contribution is 6.36. The highest BCUT2D eigenvalue weighted by Gasteiger charge is 2.32. The summed E-state index contributed by atoms with van der Waals surface area (Å²) in [6.45, 7) is 2.62. The molecule has 150 valence electrons. The number of carbonyl (C=O) groups is 1. The summed E-state index contributed by atoms with van der Waals surface area (Å²) >= 11 is 0. The molecule has 29 heavy (non-hydrogen) atoms. The smallest absolute Gasteiger partial charge is 0.260 e. The van der Waals surface area contributed by atoms with E-state index >= 15 is 0 Å². The molecule has 2 atom stereocenters. The fourth-order valence-electron chi connectivity index (χ4n) is 4.40. The van der Waals surface area contributed by atoms with Crippen LogP contribution in [-0.4, -0.2) is 52.9 Å². The number of rotatable bonds is 3. The normalized spacial score (nSPS) is 26.1. The van der Waals surface area contributed by atoms with Gasteiger partial charge in [-0.3, -0.25) is 4.79 Å². The second kappa shape index (κ2) is 7.30. The number of nitrogens with one attached hydrogen (secondary N) is 1. The topological polar surface area (TPSA) is 82.0 Å². The van der Waals surface area contributed by atoms with Crippen LogP contribution in [0.15, 0.2) is 42.5 Å². The van der Waals surface area contributed by atoms with Gasteiger partial charge in [0, 0.05) is 42.0 Å². The van der Waals surface area contributed by atoms with E-state index in [1.165, 1.54) is 5.56 Å². The molecule has 2 unspecified atom stereocenters. The minimum atomic E-state index is -0.660. The number of likely N-dealkylation sites (tertiary alicyclic amines) is 1. The van der Waals surface area contributed by atoms with Gasteiger partial charge in [0.05, 0.1) is 17.8 Å². The third-order valence-electron chi connectivity index (χ3n) is 6.03. The number of ether oxygens (including phenoxy) is 1. The van der Waals surface area contributed by atoms with Crippen molar-refractivity contribution in [3.8, 4) is 0 Å². The summed E-state index contributed by atoms with van der Waals surface area (Å²) in [6.07, 6.45) is 0.213. The molecular formula is C23H24N2O4. The summed E-state index contributed by atoms with van der Waals surface area (Å²) in [5.74, 6) is 0.533. The molecule has 3 aliphatic heterocycles. The molecule has 0 aromatic heterocycles. The van der Waals surface area contributed by atoms with Gasteiger partial charge < -0.3 is 25.2 Å². The molecule has 0 bridgehead atoms. The number of aliphatic hydroxyl groups excluding tert-OH is 2. The van der Waals surface area contributed by atoms with Gasteiger partial charge in [0.15, 0.2) is 0 Å². The fourth-order valence-corrected chi connectivity index (χ4v) is 4.40. The molecule has 2 aromatic carbocycles. The van der Waals surface area contributed by atoms with E-state index in [9.17, 15) is 15.0 Å². The number of para-hydroxylation sites is 1. The zero-order chi connectivity index (χ0) is 20.0. The molecule has 1 fully saturated rings. The van der Waals surface area contributed by atoms with Gasteiger partial charge in [-0.05, 0) is 24.5 Å². The number of amides is 1. The molecular weight excluding hydrogens is 368 g/mol. The number of carbonyl (C=O) groups excluding carboxylic acids is 1. The summed E-state index contributed by atoms with van der Waals surface area (Å²) in [7, 11) is 0. The van der Waals surface area contributed by atoms with E-state index < -0.39 is 12.2 Å². The Balaban J connectivity index is 1.35. The van der Waals surface area contributed by atoms with Gasteiger partial charge in [-0.1, -0.05) is 36.4 Å². The predicted molar refractivity (Wildman–Crippen MR) is 110 cm³/mol. The Morgan fingerprint density at radius 3 is 2.83 bits per heavy atom. The minimum absolute atomic E-state index is 0.121. The molecule has 1 amide bonds. The van der Waals surface area contributed by atoms with Crippen molar-refractivity contribution in [1.29, 1.82) is 0 Å². The van der Waals surface area contributed by atoms with E-state index in [0.717, 1.165) is 41.9 Å². The molecule has 6 nitrogen and oxygen atoms in total. The van der Waals surface area contributed by atoms with Crippen LogP contribution in [0.2, 0.25) is 0 Å². The second-order valence-electron chi connectivity index (χ2n) is 7.96. The molecule has 3 heterocycles. The van der Waals surface area contributed by atoms with Gasteiger partial charge in [0.1, 0.15) is 12.4 Å². The van der Waals surface area contributed by atoms with E-state index in [1.54, 1.807) is 0 Å². The van der Waals surface area contributed by atoms with Crippen molar-refractivity contribution in [3.05, 3.63) is 64.7 Å². The summed E-state index contributed by atoms with van der Waals surface area (Å²) < 4.78 is 5.96. The first-order chi connectivity index (χ1) is 14.1. The van der Waals surface area contributed by atoms with E-state index in [1.807, 2.05) is 30.3 Å². The average Bonchev–Trinajstić information content (AvgIpc) is 3.28. The van der Waals surface area contributed by atoms with Gasteiger partial charge in [0.2, 0.25) is 0 Å². The van der Waals surface area contributed by atoms with E-state index in [4.69, 9.17) is 4.74 Å². The zero-order valence-corrected chi connectivity index (χ0v) is 16.1. The number of benzene rings is 2. The lowest BCUT2D eigenvalue weighted by atomic mass is 9.98. The monoisotopic (exact) mass is 392 g/mol. The lowest BCUT2D eigenvalue weighted by Gasteiger charge is -2.33. The van der Waals surface area contributed by atoms with Gasteiger partial charge in [-0.25, -0.2) is 0 Å². The molecule has 2 aromatic rings. The Labute approximate surface area is 169 Å². The highest BCUT2D eigenvalue weighted by Crippen LogP contribution is 2.41. The van der Waals surface area contributed by atoms with Crippen LogP contribution in [0.1, 0.15) is 28.7 Å². The number of hydrogen-bond donors (Lipinski definition) is 3. The molecule has 0 aliphatic carbocycles. The maximum absolute atomic E-state index is 12.5. The first-order valence-corrected chi connectivity index (χ1v) is 10.1. The van der Waals surface area contributed by atoms with Crippen LogP contribution in [0.4, 0.5) is 5.69 Å². The Morgan fingerprint density at radius 1 is 1.10 bits per heavy atom. The third-order valence-corrected chi connectivity index (χ3v) is 6.03. The number of β-amino-alcohol motifs (C(OH)–C–C–N with tert-alkyl or cyclic N) is 1. The van der Waals surface area contributed by atoms with Crippen molar-refractivity contribution in [2.45, 2.75) is 31.7 Å². The maximum atomic E-state index is 12.5. The summed E-state index contributed by atoms with van der Waals surface area (Å²) in [5, 5.41) is 22.4. The van der Waals surface area contributed by atoms with Crippen molar-refractivity contribution in [3.63, 3.8) is 0 Å². The average molecular weight is 392 g/mol. The lowest BCUT2D eigenvalue weighted by Crippen LogP contribution is -2.47. The standard InChI is InChI=1S/C23H24N2O4/c26-19-8-10-25(12-20(19)27)9-7-14-5-6-16-15(11-14)13-29-22(16)21-17-3-1-2-4-18(17)24-23(21)28/h1-6,11,19-20,26-27H,7-10,12-13H2,(H,24,28). The first kappa shape index (κ1) is 18.4. The molecule has 1 saturated heterocycles. The van der Waals surface area contributed by atoms with Crippen LogP contribution >= 0.6 is 0 Å². The van der Waals surface area contributed by atoms with Crippen LogP contribution in [0.3, 0.4) is 0 Å². The molecule has 6 heteroatoms. The summed E-state index contributed by atoms with van der Waals surface area (Å²) in [6, 6.07) is 14.0. The van der Waals surface area contributed by atoms with Crippen LogP contribution < -0.4 is 5.32 Å².